The van der Waals surface area contributed by atoms with Gasteiger partial charge in [-0.3, -0.25) is 0 Å². The monoisotopic (exact) mass is 461 g/mol. The molecule has 0 heterocycles. The van der Waals surface area contributed by atoms with E-state index in [0.717, 1.165) is 41.6 Å². The van der Waals surface area contributed by atoms with Gasteiger partial charge in [-0.25, -0.2) is 9.18 Å². The van der Waals surface area contributed by atoms with Crippen LogP contribution < -0.4 is 10.1 Å². The average molecular weight is 462 g/mol. The summed E-state index contributed by atoms with van der Waals surface area (Å²) < 4.78 is 18.9. The number of aryl methyl sites for hydroxylation is 1. The molecule has 178 valence electrons. The Morgan fingerprint density at radius 1 is 1.15 bits per heavy atom. The minimum atomic E-state index is -0.872. The Hall–Kier alpha value is -3.18. The van der Waals surface area contributed by atoms with Crippen molar-refractivity contribution in [1.29, 1.82) is 0 Å². The molecule has 0 radical (unpaired) electrons. The molecule has 1 aliphatic carbocycles. The molecule has 5 heteroatoms. The van der Waals surface area contributed by atoms with E-state index in [1.165, 1.54) is 24.3 Å². The molecule has 0 aliphatic heterocycles. The van der Waals surface area contributed by atoms with Crippen LogP contribution in [0.3, 0.4) is 0 Å². The van der Waals surface area contributed by atoms with Crippen LogP contribution in [0, 0.1) is 25.6 Å². The predicted molar refractivity (Wildman–Crippen MR) is 132 cm³/mol. The minimum Gasteiger partial charge on any atom is -0.494 e. The lowest BCUT2D eigenvalue weighted by Crippen LogP contribution is -2.31. The van der Waals surface area contributed by atoms with Crippen LogP contribution in [0.4, 0.5) is 4.39 Å². The van der Waals surface area contributed by atoms with E-state index in [9.17, 15) is 14.3 Å². The molecule has 0 saturated carbocycles. The van der Waals surface area contributed by atoms with Crippen molar-refractivity contribution < 1.29 is 19.0 Å². The van der Waals surface area contributed by atoms with Crippen molar-refractivity contribution in [2.75, 3.05) is 13.7 Å². The van der Waals surface area contributed by atoms with Crippen molar-refractivity contribution >= 4 is 5.97 Å². The first-order chi connectivity index (χ1) is 16.3. The number of rotatable bonds is 7. The number of aromatic carboxylic acids is 1. The number of ether oxygens (including phenoxy) is 1. The molecule has 3 aromatic carbocycles. The van der Waals surface area contributed by atoms with E-state index in [-0.39, 0.29) is 23.5 Å². The number of halogens is 1. The largest absolute Gasteiger partial charge is 0.494 e. The first-order valence-electron chi connectivity index (χ1n) is 11.8. The fourth-order valence-electron chi connectivity index (χ4n) is 5.34. The summed E-state index contributed by atoms with van der Waals surface area (Å²) in [4.78, 5) is 11.9. The Morgan fingerprint density at radius 3 is 2.65 bits per heavy atom. The number of benzene rings is 3. The molecule has 0 aromatic heterocycles. The van der Waals surface area contributed by atoms with E-state index >= 15 is 0 Å². The number of hydrogen-bond acceptors (Lipinski definition) is 3. The van der Waals surface area contributed by atoms with Gasteiger partial charge in [0.2, 0.25) is 0 Å². The van der Waals surface area contributed by atoms with Crippen LogP contribution in [0.15, 0.2) is 54.6 Å². The van der Waals surface area contributed by atoms with Gasteiger partial charge in [-0.05, 0) is 91.6 Å². The average Bonchev–Trinajstić information content (AvgIpc) is 2.82. The quantitative estimate of drug-likeness (QED) is 0.440. The topological polar surface area (TPSA) is 58.6 Å². The molecule has 3 aromatic rings. The van der Waals surface area contributed by atoms with Gasteiger partial charge < -0.3 is 15.2 Å². The summed E-state index contributed by atoms with van der Waals surface area (Å²) in [5.74, 6) is -0.445. The van der Waals surface area contributed by atoms with Gasteiger partial charge in [0.25, 0.3) is 0 Å². The third-order valence-corrected chi connectivity index (χ3v) is 7.20. The Kier molecular flexibility index (Phi) is 7.03. The second kappa shape index (κ2) is 9.98. The molecular formula is C29H32FNO3. The van der Waals surface area contributed by atoms with Crippen molar-refractivity contribution in [2.45, 2.75) is 45.6 Å². The van der Waals surface area contributed by atoms with Gasteiger partial charge in [0.05, 0.1) is 12.7 Å². The Bertz CT molecular complexity index is 1210. The number of fused-ring (bicyclic) bond motifs is 1. The molecule has 1 unspecified atom stereocenters. The lowest BCUT2D eigenvalue weighted by atomic mass is 9.72. The highest BCUT2D eigenvalue weighted by atomic mass is 19.1. The van der Waals surface area contributed by atoms with Gasteiger partial charge in [-0.1, -0.05) is 42.5 Å². The zero-order valence-corrected chi connectivity index (χ0v) is 20.2. The maximum atomic E-state index is 13.8. The Balaban J connectivity index is 1.58. The fraction of sp³-hybridized carbons (Fsp3) is 0.345. The first-order valence-corrected chi connectivity index (χ1v) is 11.8. The summed E-state index contributed by atoms with van der Waals surface area (Å²) in [6.07, 6.45) is 1.91. The van der Waals surface area contributed by atoms with Crippen molar-refractivity contribution in [3.63, 3.8) is 0 Å². The van der Waals surface area contributed by atoms with E-state index in [0.29, 0.717) is 11.5 Å². The second-order valence-electron chi connectivity index (χ2n) is 9.36. The standard InChI is InChI=1S/C29H32FNO3/c1-17-9-11-23(18(2)28(17)29(32)33)25-14-20(13-22-7-5-6-8-24(22)25)16-31-19(3)21-10-12-26(30)27(15-21)34-4/h5-12,15,19-20,25,31H,13-14,16H2,1-4H3,(H,32,33)/t19?,20-,25+/m1/s1. The van der Waals surface area contributed by atoms with Crippen molar-refractivity contribution in [1.82, 2.24) is 5.32 Å². The maximum absolute atomic E-state index is 13.8. The molecule has 2 N–H and O–H groups in total. The molecule has 0 saturated heterocycles. The van der Waals surface area contributed by atoms with E-state index in [4.69, 9.17) is 4.74 Å². The van der Waals surface area contributed by atoms with Crippen LogP contribution >= 0.6 is 0 Å². The number of carbonyl (C=O) groups is 1. The SMILES string of the molecule is COc1cc(C(C)NC[C@@H]2Cc3ccccc3[C@H](c3ccc(C)c(C(=O)O)c3C)C2)ccc1F. The second-order valence-corrected chi connectivity index (χ2v) is 9.36. The van der Waals surface area contributed by atoms with Crippen LogP contribution in [0.5, 0.6) is 5.75 Å². The highest BCUT2D eigenvalue weighted by molar-refractivity contribution is 5.91. The molecule has 0 amide bonds. The van der Waals surface area contributed by atoms with E-state index in [2.05, 4.69) is 42.6 Å². The molecule has 0 bridgehead atoms. The zero-order valence-electron chi connectivity index (χ0n) is 20.2. The van der Waals surface area contributed by atoms with Crippen LogP contribution in [0.25, 0.3) is 0 Å². The van der Waals surface area contributed by atoms with E-state index in [1.54, 1.807) is 12.1 Å². The summed E-state index contributed by atoms with van der Waals surface area (Å²) in [6, 6.07) is 17.6. The maximum Gasteiger partial charge on any atom is 0.336 e. The molecular weight excluding hydrogens is 429 g/mol. The van der Waals surface area contributed by atoms with Gasteiger partial charge in [0.1, 0.15) is 0 Å². The van der Waals surface area contributed by atoms with Gasteiger partial charge in [-0.2, -0.15) is 0 Å². The summed E-state index contributed by atoms with van der Waals surface area (Å²) in [5.41, 5.74) is 6.74. The Labute approximate surface area is 200 Å². The zero-order chi connectivity index (χ0) is 24.4. The van der Waals surface area contributed by atoms with Gasteiger partial charge in [0, 0.05) is 12.0 Å². The number of hydrogen-bond donors (Lipinski definition) is 2. The molecule has 0 fully saturated rings. The normalized spacial score (nSPS) is 18.3. The van der Waals surface area contributed by atoms with Gasteiger partial charge in [0.15, 0.2) is 11.6 Å². The molecule has 4 rings (SSSR count). The molecule has 0 spiro atoms. The van der Waals surface area contributed by atoms with E-state index in [1.807, 2.05) is 19.9 Å². The third-order valence-electron chi connectivity index (χ3n) is 7.20. The van der Waals surface area contributed by atoms with Crippen LogP contribution in [-0.4, -0.2) is 24.7 Å². The third kappa shape index (κ3) is 4.71. The van der Waals surface area contributed by atoms with E-state index < -0.39 is 5.97 Å². The first kappa shape index (κ1) is 24.0. The number of nitrogens with one attached hydrogen (secondary N) is 1. The fourth-order valence-corrected chi connectivity index (χ4v) is 5.34. The Morgan fingerprint density at radius 2 is 1.91 bits per heavy atom. The molecule has 3 atom stereocenters. The predicted octanol–water partition coefficient (Wildman–Crippen LogP) is 6.19. The van der Waals surface area contributed by atoms with Crippen molar-refractivity contribution in [3.8, 4) is 5.75 Å². The lowest BCUT2D eigenvalue weighted by Gasteiger charge is -2.34. The smallest absolute Gasteiger partial charge is 0.336 e. The van der Waals surface area contributed by atoms with Crippen LogP contribution in [0.1, 0.15) is 69.0 Å². The number of carboxylic acids is 1. The van der Waals surface area contributed by atoms with Gasteiger partial charge in [-0.15, -0.1) is 0 Å². The summed E-state index contributed by atoms with van der Waals surface area (Å²) in [7, 11) is 1.47. The summed E-state index contributed by atoms with van der Waals surface area (Å²) in [6.45, 7) is 6.67. The highest BCUT2D eigenvalue weighted by Crippen LogP contribution is 2.41. The molecule has 1 aliphatic rings. The minimum absolute atomic E-state index is 0.0462. The highest BCUT2D eigenvalue weighted by Gasteiger charge is 2.30. The summed E-state index contributed by atoms with van der Waals surface area (Å²) >= 11 is 0. The number of carboxylic acid groups (broad SMARTS) is 1. The number of methoxy groups -OCH3 is 1. The van der Waals surface area contributed by atoms with Crippen LogP contribution in [-0.2, 0) is 6.42 Å². The van der Waals surface area contributed by atoms with Crippen molar-refractivity contribution in [2.24, 2.45) is 5.92 Å². The lowest BCUT2D eigenvalue weighted by molar-refractivity contribution is 0.0695. The van der Waals surface area contributed by atoms with Gasteiger partial charge >= 0.3 is 5.97 Å². The van der Waals surface area contributed by atoms with Crippen LogP contribution in [0.2, 0.25) is 0 Å². The van der Waals surface area contributed by atoms with Crippen molar-refractivity contribution in [3.05, 3.63) is 99.4 Å². The molecule has 4 nitrogen and oxygen atoms in total. The molecule has 34 heavy (non-hydrogen) atoms. The summed E-state index contributed by atoms with van der Waals surface area (Å²) in [5, 5.41) is 13.4.